The summed E-state index contributed by atoms with van der Waals surface area (Å²) in [7, 11) is 0. The maximum absolute atomic E-state index is 11.5. The molecule has 6 nitrogen and oxygen atoms in total. The first-order valence-corrected chi connectivity index (χ1v) is 7.29. The number of rotatable bonds is 4. The summed E-state index contributed by atoms with van der Waals surface area (Å²) in [5.74, 6) is -1.38. The molecule has 110 valence electrons. The summed E-state index contributed by atoms with van der Waals surface area (Å²) in [5.41, 5.74) is 1.52. The van der Waals surface area contributed by atoms with Crippen molar-refractivity contribution in [3.05, 3.63) is 34.9 Å². The molecule has 1 heterocycles. The lowest BCUT2D eigenvalue weighted by molar-refractivity contribution is -0.138. The molecule has 8 heteroatoms. The molecule has 21 heavy (non-hydrogen) atoms. The first-order chi connectivity index (χ1) is 9.95. The van der Waals surface area contributed by atoms with Gasteiger partial charge in [-0.15, -0.1) is 5.10 Å². The molecule has 1 atom stereocenters. The number of amides is 1. The summed E-state index contributed by atoms with van der Waals surface area (Å²) in [6.07, 6.45) is -0.241. The molecule has 1 amide bonds. The van der Waals surface area contributed by atoms with Gasteiger partial charge in [-0.1, -0.05) is 35.5 Å². The van der Waals surface area contributed by atoms with Gasteiger partial charge in [-0.05, 0) is 24.6 Å². The summed E-state index contributed by atoms with van der Waals surface area (Å²) in [5, 5.41) is 19.5. The Kier molecular flexibility index (Phi) is 4.98. The van der Waals surface area contributed by atoms with Crippen LogP contribution in [0.15, 0.2) is 34.5 Å². The second-order valence-electron chi connectivity index (χ2n) is 4.29. The molecule has 1 fully saturated rings. The maximum Gasteiger partial charge on any atom is 0.305 e. The highest BCUT2D eigenvalue weighted by Gasteiger charge is 2.32. The number of benzene rings is 1. The van der Waals surface area contributed by atoms with Crippen LogP contribution in [0.4, 0.5) is 0 Å². The first kappa shape index (κ1) is 15.5. The fourth-order valence-electron chi connectivity index (χ4n) is 1.61. The van der Waals surface area contributed by atoms with E-state index in [0.717, 1.165) is 17.3 Å². The Hall–Kier alpha value is -1.86. The van der Waals surface area contributed by atoms with Crippen LogP contribution in [0.5, 0.6) is 0 Å². The minimum atomic E-state index is -1.02. The van der Waals surface area contributed by atoms with Crippen molar-refractivity contribution in [2.75, 3.05) is 0 Å². The van der Waals surface area contributed by atoms with Gasteiger partial charge in [0.25, 0.3) is 0 Å². The van der Waals surface area contributed by atoms with Gasteiger partial charge in [-0.25, -0.2) is 0 Å². The molecule has 0 saturated carbocycles. The third-order valence-electron chi connectivity index (χ3n) is 2.69. The van der Waals surface area contributed by atoms with E-state index >= 15 is 0 Å². The number of nitrogens with zero attached hydrogens (tertiary/aromatic N) is 2. The van der Waals surface area contributed by atoms with E-state index in [1.807, 2.05) is 12.1 Å². The lowest BCUT2D eigenvalue weighted by atomic mass is 10.1. The zero-order valence-corrected chi connectivity index (χ0v) is 12.6. The van der Waals surface area contributed by atoms with Crippen LogP contribution >= 0.6 is 23.4 Å². The molecular weight excluding hydrogens is 314 g/mol. The normalized spacial score (nSPS) is 20.7. The summed E-state index contributed by atoms with van der Waals surface area (Å²) < 4.78 is 0. The number of carbonyl (C=O) groups excluding carboxylic acids is 1. The van der Waals surface area contributed by atoms with Crippen LogP contribution in [-0.2, 0) is 9.59 Å². The summed E-state index contributed by atoms with van der Waals surface area (Å²) >= 11 is 6.87. The molecule has 1 aromatic rings. The van der Waals surface area contributed by atoms with Gasteiger partial charge >= 0.3 is 5.97 Å². The molecule has 1 aromatic carbocycles. The van der Waals surface area contributed by atoms with Gasteiger partial charge in [-0.2, -0.15) is 5.10 Å². The number of carboxylic acids is 1. The van der Waals surface area contributed by atoms with Crippen molar-refractivity contribution < 1.29 is 14.7 Å². The monoisotopic (exact) mass is 325 g/mol. The van der Waals surface area contributed by atoms with Gasteiger partial charge in [0.1, 0.15) is 5.25 Å². The van der Waals surface area contributed by atoms with E-state index in [0.29, 0.717) is 15.9 Å². The average Bonchev–Trinajstić information content (AvgIpc) is 2.77. The Morgan fingerprint density at radius 2 is 2.10 bits per heavy atom. The highest BCUT2D eigenvalue weighted by molar-refractivity contribution is 8.15. The molecule has 2 rings (SSSR count). The fraction of sp³-hybridized carbons (Fsp3) is 0.231. The van der Waals surface area contributed by atoms with Gasteiger partial charge in [0.2, 0.25) is 5.91 Å². The van der Waals surface area contributed by atoms with Gasteiger partial charge in [0.15, 0.2) is 5.17 Å². The Labute approximate surface area is 130 Å². The zero-order valence-electron chi connectivity index (χ0n) is 11.0. The summed E-state index contributed by atoms with van der Waals surface area (Å²) in [6, 6.07) is 7.12. The van der Waals surface area contributed by atoms with Crippen molar-refractivity contribution in [3.8, 4) is 0 Å². The second-order valence-corrected chi connectivity index (χ2v) is 5.92. The van der Waals surface area contributed by atoms with Crippen LogP contribution in [0.3, 0.4) is 0 Å². The van der Waals surface area contributed by atoms with Crippen LogP contribution in [0.1, 0.15) is 18.9 Å². The van der Waals surface area contributed by atoms with Crippen LogP contribution in [0.25, 0.3) is 0 Å². The Bertz CT molecular complexity index is 628. The largest absolute Gasteiger partial charge is 0.481 e. The Morgan fingerprint density at radius 1 is 1.43 bits per heavy atom. The standard InChI is InChI=1S/C13H12ClN3O3S/c1-7(8-2-4-9(14)5-3-8)16-17-13-15-12(20)10(21-13)6-11(18)19/h2-5,10H,6H2,1H3,(H,18,19)(H,15,17,20). The molecule has 1 aliphatic heterocycles. The third-order valence-corrected chi connectivity index (χ3v) is 4.01. The van der Waals surface area contributed by atoms with Crippen LogP contribution in [-0.4, -0.2) is 33.1 Å². The van der Waals surface area contributed by atoms with Crippen molar-refractivity contribution in [1.82, 2.24) is 5.32 Å². The van der Waals surface area contributed by atoms with E-state index < -0.39 is 11.2 Å². The smallest absolute Gasteiger partial charge is 0.305 e. The van der Waals surface area contributed by atoms with E-state index in [1.54, 1.807) is 19.1 Å². The number of nitrogens with one attached hydrogen (secondary N) is 1. The number of halogens is 1. The molecule has 0 aliphatic carbocycles. The fourth-order valence-corrected chi connectivity index (χ4v) is 2.65. The van der Waals surface area contributed by atoms with Gasteiger partial charge < -0.3 is 10.4 Å². The number of aliphatic carboxylic acids is 1. The number of carboxylic acid groups (broad SMARTS) is 1. The molecule has 0 bridgehead atoms. The van der Waals surface area contributed by atoms with E-state index in [4.69, 9.17) is 16.7 Å². The molecular formula is C13H12ClN3O3S. The lowest BCUT2D eigenvalue weighted by Crippen LogP contribution is -2.26. The quantitative estimate of drug-likeness (QED) is 0.655. The van der Waals surface area contributed by atoms with Gasteiger partial charge in [0, 0.05) is 5.02 Å². The number of hydrogen-bond donors (Lipinski definition) is 2. The van der Waals surface area contributed by atoms with Crippen LogP contribution < -0.4 is 5.32 Å². The van der Waals surface area contributed by atoms with Gasteiger partial charge in [-0.3, -0.25) is 9.59 Å². The van der Waals surface area contributed by atoms with E-state index in [-0.39, 0.29) is 12.3 Å². The highest BCUT2D eigenvalue weighted by atomic mass is 35.5. The van der Waals surface area contributed by atoms with Gasteiger partial charge in [0.05, 0.1) is 12.1 Å². The SMILES string of the molecule is CC(=NN=C1NC(=O)C(CC(=O)O)S1)c1ccc(Cl)cc1. The number of thioether (sulfide) groups is 1. The molecule has 1 aliphatic rings. The van der Waals surface area contributed by atoms with E-state index in [2.05, 4.69) is 15.5 Å². The molecule has 0 spiro atoms. The summed E-state index contributed by atoms with van der Waals surface area (Å²) in [6.45, 7) is 1.78. The molecule has 1 unspecified atom stereocenters. The average molecular weight is 326 g/mol. The van der Waals surface area contributed by atoms with Crippen LogP contribution in [0.2, 0.25) is 5.02 Å². The molecule has 1 saturated heterocycles. The summed E-state index contributed by atoms with van der Waals surface area (Å²) in [4.78, 5) is 22.1. The van der Waals surface area contributed by atoms with Crippen LogP contribution in [0, 0.1) is 0 Å². The minimum absolute atomic E-state index is 0.241. The van der Waals surface area contributed by atoms with Crippen molar-refractivity contribution in [1.29, 1.82) is 0 Å². The minimum Gasteiger partial charge on any atom is -0.481 e. The highest BCUT2D eigenvalue weighted by Crippen LogP contribution is 2.22. The topological polar surface area (TPSA) is 91.1 Å². The van der Waals surface area contributed by atoms with Crippen molar-refractivity contribution in [2.45, 2.75) is 18.6 Å². The molecule has 2 N–H and O–H groups in total. The molecule has 0 radical (unpaired) electrons. The van der Waals surface area contributed by atoms with Crippen molar-refractivity contribution >= 4 is 46.1 Å². The third kappa shape index (κ3) is 4.30. The Morgan fingerprint density at radius 3 is 2.71 bits per heavy atom. The maximum atomic E-state index is 11.5. The number of amidine groups is 1. The Balaban J connectivity index is 2.07. The number of carbonyl (C=O) groups is 2. The zero-order chi connectivity index (χ0) is 15.4. The first-order valence-electron chi connectivity index (χ1n) is 6.03. The van der Waals surface area contributed by atoms with Crippen molar-refractivity contribution in [2.24, 2.45) is 10.2 Å². The molecule has 0 aromatic heterocycles. The van der Waals surface area contributed by atoms with E-state index in [1.165, 1.54) is 0 Å². The number of hydrogen-bond acceptors (Lipinski definition) is 5. The predicted molar refractivity (Wildman–Crippen MR) is 82.9 cm³/mol. The second kappa shape index (κ2) is 6.73. The predicted octanol–water partition coefficient (Wildman–Crippen LogP) is 2.13. The van der Waals surface area contributed by atoms with Crippen molar-refractivity contribution in [3.63, 3.8) is 0 Å². The lowest BCUT2D eigenvalue weighted by Gasteiger charge is -1.99. The van der Waals surface area contributed by atoms with E-state index in [9.17, 15) is 9.59 Å².